The first-order valence-electron chi connectivity index (χ1n) is 7.23. The predicted octanol–water partition coefficient (Wildman–Crippen LogP) is 2.67. The third kappa shape index (κ3) is 4.32. The Hall–Kier alpha value is -2.83. The number of hydrogen-bond donors (Lipinski definition) is 1. The molecule has 0 bridgehead atoms. The molecule has 1 aromatic heterocycles. The molecule has 1 N–H and O–H groups in total. The van der Waals surface area contributed by atoms with E-state index in [9.17, 15) is 14.8 Å². The van der Waals surface area contributed by atoms with Gasteiger partial charge < -0.3 is 14.7 Å². The second-order valence-corrected chi connectivity index (χ2v) is 4.99. The van der Waals surface area contributed by atoms with Gasteiger partial charge in [0.15, 0.2) is 0 Å². The van der Waals surface area contributed by atoms with Gasteiger partial charge in [0.05, 0.1) is 23.9 Å². The molecule has 2 rings (SSSR count). The van der Waals surface area contributed by atoms with Gasteiger partial charge >= 0.3 is 12.1 Å². The Kier molecular flexibility index (Phi) is 5.35. The second kappa shape index (κ2) is 7.44. The minimum Gasteiger partial charge on any atom is -0.434 e. The molecule has 23 heavy (non-hydrogen) atoms. The van der Waals surface area contributed by atoms with E-state index >= 15 is 0 Å². The quantitative estimate of drug-likeness (QED) is 0.518. The van der Waals surface area contributed by atoms with Gasteiger partial charge in [-0.2, -0.15) is 0 Å². The van der Waals surface area contributed by atoms with Gasteiger partial charge in [0.25, 0.3) is 0 Å². The molecule has 7 nitrogen and oxygen atoms in total. The third-order valence-electron chi connectivity index (χ3n) is 3.20. The number of nitrogens with zero attached hydrogens (tertiary/aromatic N) is 2. The van der Waals surface area contributed by atoms with Crippen molar-refractivity contribution in [3.8, 4) is 11.3 Å². The van der Waals surface area contributed by atoms with Crippen LogP contribution in [0, 0.1) is 5.92 Å². The van der Waals surface area contributed by atoms with Gasteiger partial charge in [-0.25, -0.2) is 4.79 Å². The first-order chi connectivity index (χ1) is 11.0. The van der Waals surface area contributed by atoms with Crippen molar-refractivity contribution in [3.63, 3.8) is 0 Å². The fraction of sp³-hybridized carbons (Fsp3) is 0.312. The van der Waals surface area contributed by atoms with Crippen molar-refractivity contribution in [2.45, 2.75) is 20.3 Å². The molecule has 1 unspecified atom stereocenters. The highest BCUT2D eigenvalue weighted by atomic mass is 16.7. The first-order valence-corrected chi connectivity index (χ1v) is 7.23. The Morgan fingerprint density at radius 3 is 2.65 bits per heavy atom. The molecule has 2 aromatic rings. The SMILES string of the molecule is CCOC(=O)OC(=O)C(C)Cc1cc(-c2ccccc2)nn1O. The number of carbonyl (C=O) groups is 2. The van der Waals surface area contributed by atoms with Gasteiger partial charge in [0.2, 0.25) is 0 Å². The molecule has 0 aliphatic carbocycles. The average molecular weight is 318 g/mol. The lowest BCUT2D eigenvalue weighted by Crippen LogP contribution is -2.22. The minimum absolute atomic E-state index is 0.129. The zero-order valence-electron chi connectivity index (χ0n) is 12.9. The Morgan fingerprint density at radius 1 is 1.30 bits per heavy atom. The van der Waals surface area contributed by atoms with E-state index in [0.717, 1.165) is 10.4 Å². The number of aromatic nitrogens is 2. The van der Waals surface area contributed by atoms with Crippen molar-refractivity contribution in [1.82, 2.24) is 9.94 Å². The maximum atomic E-state index is 11.8. The monoisotopic (exact) mass is 318 g/mol. The molecule has 0 saturated carbocycles. The molecule has 0 spiro atoms. The van der Waals surface area contributed by atoms with Crippen LogP contribution < -0.4 is 0 Å². The summed E-state index contributed by atoms with van der Waals surface area (Å²) in [5.74, 6) is -1.35. The van der Waals surface area contributed by atoms with E-state index in [1.807, 2.05) is 30.3 Å². The van der Waals surface area contributed by atoms with Crippen LogP contribution in [-0.2, 0) is 20.7 Å². The highest BCUT2D eigenvalue weighted by Crippen LogP contribution is 2.20. The van der Waals surface area contributed by atoms with Gasteiger partial charge in [-0.3, -0.25) is 4.79 Å². The molecule has 0 fully saturated rings. The van der Waals surface area contributed by atoms with Gasteiger partial charge in [0.1, 0.15) is 0 Å². The highest BCUT2D eigenvalue weighted by molar-refractivity contribution is 5.83. The zero-order chi connectivity index (χ0) is 16.8. The maximum Gasteiger partial charge on any atom is 0.516 e. The molecule has 1 heterocycles. The molecule has 0 aliphatic heterocycles. The molecule has 0 saturated heterocycles. The fourth-order valence-electron chi connectivity index (χ4n) is 2.03. The Bertz CT molecular complexity index is 681. The van der Waals surface area contributed by atoms with Crippen LogP contribution in [0.25, 0.3) is 11.3 Å². The number of carbonyl (C=O) groups excluding carboxylic acids is 2. The molecule has 122 valence electrons. The van der Waals surface area contributed by atoms with Crippen molar-refractivity contribution < 1.29 is 24.3 Å². The minimum atomic E-state index is -1.02. The summed E-state index contributed by atoms with van der Waals surface area (Å²) in [6.45, 7) is 3.34. The molecular weight excluding hydrogens is 300 g/mol. The normalized spacial score (nSPS) is 11.7. The zero-order valence-corrected chi connectivity index (χ0v) is 12.9. The van der Waals surface area contributed by atoms with Gasteiger partial charge in [0, 0.05) is 12.0 Å². The van der Waals surface area contributed by atoms with Crippen molar-refractivity contribution in [3.05, 3.63) is 42.1 Å². The van der Waals surface area contributed by atoms with Crippen molar-refractivity contribution in [2.75, 3.05) is 6.61 Å². The summed E-state index contributed by atoms with van der Waals surface area (Å²) >= 11 is 0. The number of esters is 1. The Balaban J connectivity index is 2.04. The van der Waals surface area contributed by atoms with Crippen LogP contribution in [0.1, 0.15) is 19.5 Å². The summed E-state index contributed by atoms with van der Waals surface area (Å²) in [5, 5.41) is 13.9. The molecule has 1 atom stereocenters. The van der Waals surface area contributed by atoms with E-state index in [2.05, 4.69) is 14.6 Å². The van der Waals surface area contributed by atoms with Gasteiger partial charge in [-0.15, -0.1) is 9.94 Å². The van der Waals surface area contributed by atoms with E-state index in [4.69, 9.17) is 0 Å². The highest BCUT2D eigenvalue weighted by Gasteiger charge is 2.22. The molecule has 0 radical (unpaired) electrons. The van der Waals surface area contributed by atoms with E-state index < -0.39 is 18.0 Å². The Labute approximate surface area is 133 Å². The largest absolute Gasteiger partial charge is 0.516 e. The molecular formula is C16H18N2O5. The van der Waals surface area contributed by atoms with Crippen LogP contribution in [0.3, 0.4) is 0 Å². The summed E-state index contributed by atoms with van der Waals surface area (Å²) in [5.41, 5.74) is 1.88. The lowest BCUT2D eigenvalue weighted by molar-refractivity contribution is -0.143. The van der Waals surface area contributed by atoms with Crippen LogP contribution in [0.5, 0.6) is 0 Å². The lowest BCUT2D eigenvalue weighted by Gasteiger charge is -2.09. The molecule has 1 aromatic carbocycles. The Morgan fingerprint density at radius 2 is 2.00 bits per heavy atom. The van der Waals surface area contributed by atoms with Crippen LogP contribution in [-0.4, -0.2) is 33.9 Å². The standard InChI is InChI=1S/C16H18N2O5/c1-3-22-16(20)23-15(19)11(2)9-13-10-14(17-18(13)21)12-7-5-4-6-8-12/h4-8,10-11,21H,3,9H2,1-2H3. The number of ether oxygens (including phenoxy) is 2. The van der Waals surface area contributed by atoms with Gasteiger partial charge in [-0.05, 0) is 13.0 Å². The molecule has 0 aliphatic rings. The summed E-state index contributed by atoms with van der Waals surface area (Å²) in [7, 11) is 0. The van der Waals surface area contributed by atoms with Gasteiger partial charge in [-0.1, -0.05) is 37.3 Å². The summed E-state index contributed by atoms with van der Waals surface area (Å²) in [4.78, 5) is 23.7. The van der Waals surface area contributed by atoms with Crippen LogP contribution in [0.15, 0.2) is 36.4 Å². The average Bonchev–Trinajstić information content (AvgIpc) is 2.89. The van der Waals surface area contributed by atoms with Crippen LogP contribution in [0.2, 0.25) is 0 Å². The predicted molar refractivity (Wildman–Crippen MR) is 80.8 cm³/mol. The third-order valence-corrected chi connectivity index (χ3v) is 3.20. The number of rotatable bonds is 5. The van der Waals surface area contributed by atoms with E-state index in [1.165, 1.54) is 0 Å². The van der Waals surface area contributed by atoms with Crippen LogP contribution in [0.4, 0.5) is 4.79 Å². The van der Waals surface area contributed by atoms with Crippen molar-refractivity contribution >= 4 is 12.1 Å². The number of hydrogen-bond acceptors (Lipinski definition) is 6. The van der Waals surface area contributed by atoms with Crippen molar-refractivity contribution in [1.29, 1.82) is 0 Å². The second-order valence-electron chi connectivity index (χ2n) is 4.99. The van der Waals surface area contributed by atoms with Crippen molar-refractivity contribution in [2.24, 2.45) is 5.92 Å². The first kappa shape index (κ1) is 16.5. The molecule has 7 heteroatoms. The lowest BCUT2D eigenvalue weighted by atomic mass is 10.1. The summed E-state index contributed by atoms with van der Waals surface area (Å²) in [6, 6.07) is 11.0. The summed E-state index contributed by atoms with van der Waals surface area (Å²) in [6.07, 6.45) is -0.846. The maximum absolute atomic E-state index is 11.8. The smallest absolute Gasteiger partial charge is 0.434 e. The fourth-order valence-corrected chi connectivity index (χ4v) is 2.03. The van der Waals surface area contributed by atoms with E-state index in [0.29, 0.717) is 11.4 Å². The van der Waals surface area contributed by atoms with E-state index in [-0.39, 0.29) is 13.0 Å². The van der Waals surface area contributed by atoms with Crippen LogP contribution >= 0.6 is 0 Å². The summed E-state index contributed by atoms with van der Waals surface area (Å²) < 4.78 is 9.09. The molecule has 0 amide bonds. The number of benzene rings is 1. The topological polar surface area (TPSA) is 90.7 Å². The van der Waals surface area contributed by atoms with E-state index in [1.54, 1.807) is 19.9 Å².